The van der Waals surface area contributed by atoms with E-state index in [1.807, 2.05) is 10.6 Å². The average molecular weight is 1400 g/mol. The molecule has 1 aliphatic rings. The number of hydrogen-bond acceptors (Lipinski definition) is 19. The standard InChI is InChI=1S/C60H95FN12O23S/c1-59(2,3)97(61,60(4,5)6)38-14-12-37(13-15-38)52(86)64-32-43(66-47(77)33-70-24-26-71(34-49(80)81)28-30-73(36-51(84)85)31-29-72(27-25-70)35-50(82)83)53(87)67-40(55(90)91)10-7-8-22-62-44(74)19-20-45(75)63-23-9-11-39(54(88)89)65-46(76)18-16-41(56(92)93)68-58(96)69-42(57(94)95)17-21-48(78)79/h12-15,39-43H,7-11,16-36H2,1-6H3,(H,62,74)(H,63,75)(H,64,86)(H,65,76)(H,66,77)(H,67,87)(H,78,79)(H,80,81)(H,82,83)(H,84,85)(H,88,89)(H,90,91)(H,92,93)(H,94,95)(H2,68,69,96)/t39-,40-,41+,42+,43-/m1/s1. The predicted molar refractivity (Wildman–Crippen MR) is 344 cm³/mol. The SMILES string of the molecule is CC(C)(C)S(F)(c1ccc(C(=O)NC[C@@H](NC(=O)CN2CCN(CC(=O)O)CCN(CC(=O)O)CCN(CC(=O)O)CC2)C(=O)N[C@H](CCCCNC(=O)CCC(=O)NCCC[C@@H](NC(=O)CC[C@H](NC(=O)N[C@@H](CCC(=O)O)C(=O)O)C(=O)O)C(=O)O)C(=O)O)cc1)C(C)(C)C. The van der Waals surface area contributed by atoms with Gasteiger partial charge in [0.1, 0.15) is 30.2 Å². The number of carbonyl (C=O) groups is 15. The van der Waals surface area contributed by atoms with E-state index in [4.69, 9.17) is 5.11 Å². The van der Waals surface area contributed by atoms with Crippen LogP contribution in [0.15, 0.2) is 29.2 Å². The topological polar surface area (TPSA) is 527 Å². The number of nitrogens with one attached hydrogen (secondary N) is 8. The third kappa shape index (κ3) is 32.2. The molecule has 16 N–H and O–H groups in total. The number of amides is 8. The molecule has 0 aromatic heterocycles. The molecule has 37 heteroatoms. The molecule has 0 unspecified atom stereocenters. The Morgan fingerprint density at radius 2 is 0.784 bits per heavy atom. The van der Waals surface area contributed by atoms with Gasteiger partial charge in [0, 0.05) is 118 Å². The summed E-state index contributed by atoms with van der Waals surface area (Å²) in [7, 11) is -2.99. The van der Waals surface area contributed by atoms with Crippen molar-refractivity contribution in [1.82, 2.24) is 62.1 Å². The first-order chi connectivity index (χ1) is 45.2. The summed E-state index contributed by atoms with van der Waals surface area (Å²) in [4.78, 5) is 192. The van der Waals surface area contributed by atoms with Crippen LogP contribution in [-0.2, 0) is 62.3 Å². The molecule has 0 radical (unpaired) electrons. The number of nitrogens with zero attached hydrogens (tertiary/aromatic N) is 4. The van der Waals surface area contributed by atoms with Crippen LogP contribution in [-0.4, -0.2) is 288 Å². The summed E-state index contributed by atoms with van der Waals surface area (Å²) in [6.07, 6.45) is -3.03. The number of halogens is 1. The van der Waals surface area contributed by atoms with E-state index in [9.17, 15) is 108 Å². The first kappa shape index (κ1) is 84.3. The Morgan fingerprint density at radius 3 is 1.19 bits per heavy atom. The van der Waals surface area contributed by atoms with E-state index in [1.54, 1.807) is 51.3 Å². The Morgan fingerprint density at radius 1 is 0.412 bits per heavy atom. The highest BCUT2D eigenvalue weighted by molar-refractivity contribution is 8.31. The number of carboxylic acids is 8. The highest BCUT2D eigenvalue weighted by Gasteiger charge is 2.48. The van der Waals surface area contributed by atoms with E-state index in [-0.39, 0.29) is 123 Å². The van der Waals surface area contributed by atoms with Crippen molar-refractivity contribution in [3.63, 3.8) is 0 Å². The van der Waals surface area contributed by atoms with Gasteiger partial charge in [-0.3, -0.25) is 67.5 Å². The molecular weight excluding hydrogens is 1310 g/mol. The van der Waals surface area contributed by atoms with Crippen LogP contribution in [0.3, 0.4) is 0 Å². The van der Waals surface area contributed by atoms with Crippen molar-refractivity contribution >= 4 is 99.6 Å². The van der Waals surface area contributed by atoms with Crippen LogP contribution in [0.1, 0.15) is 123 Å². The fraction of sp³-hybridized carbons (Fsp3) is 0.650. The number of carboxylic acid groups (broad SMARTS) is 8. The minimum atomic E-state index is -2.99. The Hall–Kier alpha value is -8.81. The number of rotatable bonds is 40. The molecule has 1 aromatic carbocycles. The van der Waals surface area contributed by atoms with E-state index in [0.717, 1.165) is 0 Å². The van der Waals surface area contributed by atoms with Crippen LogP contribution in [0.25, 0.3) is 0 Å². The quantitative estimate of drug-likeness (QED) is 0.0350. The molecule has 546 valence electrons. The zero-order valence-corrected chi connectivity index (χ0v) is 56.2. The third-order valence-corrected chi connectivity index (χ3v) is 19.5. The molecule has 0 aliphatic carbocycles. The maximum atomic E-state index is 17.1. The fourth-order valence-corrected chi connectivity index (χ4v) is 14.0. The van der Waals surface area contributed by atoms with Crippen LogP contribution in [0.2, 0.25) is 0 Å². The van der Waals surface area contributed by atoms with Crippen LogP contribution in [0.5, 0.6) is 0 Å². The molecule has 1 aromatic rings. The van der Waals surface area contributed by atoms with Crippen LogP contribution < -0.4 is 42.5 Å². The molecule has 35 nitrogen and oxygen atoms in total. The number of unbranched alkanes of at least 4 members (excludes halogenated alkanes) is 1. The van der Waals surface area contributed by atoms with Gasteiger partial charge in [0.2, 0.25) is 29.5 Å². The van der Waals surface area contributed by atoms with Gasteiger partial charge < -0.3 is 83.4 Å². The lowest BCUT2D eigenvalue weighted by Crippen LogP contribution is -2.57. The van der Waals surface area contributed by atoms with Gasteiger partial charge in [-0.15, -0.1) is 0 Å². The van der Waals surface area contributed by atoms with Crippen LogP contribution in [0.4, 0.5) is 8.68 Å². The molecule has 1 fully saturated rings. The Balaban J connectivity index is 2.11. The molecule has 1 aliphatic heterocycles. The van der Waals surface area contributed by atoms with Gasteiger partial charge in [0.25, 0.3) is 5.91 Å². The second-order valence-corrected chi connectivity index (χ2v) is 29.0. The maximum Gasteiger partial charge on any atom is 0.326 e. The van der Waals surface area contributed by atoms with Gasteiger partial charge in [-0.1, -0.05) is 10.4 Å². The molecule has 97 heavy (non-hydrogen) atoms. The predicted octanol–water partition coefficient (Wildman–Crippen LogP) is -1.03. The lowest BCUT2D eigenvalue weighted by atomic mass is 10.1. The number of urea groups is 1. The molecule has 1 saturated heterocycles. The van der Waals surface area contributed by atoms with E-state index >= 15 is 3.89 Å². The summed E-state index contributed by atoms with van der Waals surface area (Å²) in [6, 6.07) is -3.53. The van der Waals surface area contributed by atoms with E-state index in [0.29, 0.717) is 4.90 Å². The highest BCUT2D eigenvalue weighted by Crippen LogP contribution is 2.73. The van der Waals surface area contributed by atoms with Crippen LogP contribution in [0, 0.1) is 0 Å². The van der Waals surface area contributed by atoms with Crippen molar-refractivity contribution < 1.29 is 117 Å². The number of benzene rings is 1. The van der Waals surface area contributed by atoms with Gasteiger partial charge in [0.15, 0.2) is 0 Å². The van der Waals surface area contributed by atoms with Crippen LogP contribution >= 0.6 is 10.4 Å². The largest absolute Gasteiger partial charge is 0.481 e. The Bertz CT molecular complexity index is 2870. The van der Waals surface area contributed by atoms with Crippen molar-refractivity contribution in [3.05, 3.63) is 29.8 Å². The van der Waals surface area contributed by atoms with Gasteiger partial charge >= 0.3 is 53.8 Å². The highest BCUT2D eigenvalue weighted by atomic mass is 32.3. The maximum absolute atomic E-state index is 17.1. The van der Waals surface area contributed by atoms with Gasteiger partial charge in [-0.05, 0) is 111 Å². The average Bonchev–Trinajstić information content (AvgIpc) is 0.749. The first-order valence-corrected chi connectivity index (χ1v) is 32.8. The molecule has 0 bridgehead atoms. The monoisotopic (exact) mass is 1400 g/mol. The number of hydrogen-bond donors (Lipinski definition) is 16. The minimum absolute atomic E-state index is 0.00275. The Labute approximate surface area is 561 Å². The van der Waals surface area contributed by atoms with E-state index in [1.165, 1.54) is 34.1 Å². The summed E-state index contributed by atoms with van der Waals surface area (Å²) in [5, 5.41) is 95.0. The zero-order chi connectivity index (χ0) is 73.4. The summed E-state index contributed by atoms with van der Waals surface area (Å²) in [5.74, 6) is -15.7. The minimum Gasteiger partial charge on any atom is -0.481 e. The van der Waals surface area contributed by atoms with E-state index < -0.39 is 191 Å². The number of carbonyl (C=O) groups excluding carboxylic acids is 7. The summed E-state index contributed by atoms with van der Waals surface area (Å²) in [5.41, 5.74) is 0.0666. The fourth-order valence-electron chi connectivity index (χ4n) is 10.3. The van der Waals surface area contributed by atoms with Gasteiger partial charge in [0.05, 0.1) is 26.2 Å². The van der Waals surface area contributed by atoms with Crippen molar-refractivity contribution in [2.24, 2.45) is 0 Å². The molecule has 8 amide bonds. The molecule has 5 atom stereocenters. The summed E-state index contributed by atoms with van der Waals surface area (Å²) >= 11 is 0. The van der Waals surface area contributed by atoms with Crippen molar-refractivity contribution in [2.75, 3.05) is 98.2 Å². The van der Waals surface area contributed by atoms with E-state index in [2.05, 4.69) is 31.9 Å². The van der Waals surface area contributed by atoms with Gasteiger partial charge in [-0.2, -0.15) is 3.89 Å². The molecule has 2 rings (SSSR count). The zero-order valence-electron chi connectivity index (χ0n) is 55.4. The first-order valence-electron chi connectivity index (χ1n) is 31.3. The second-order valence-electron chi connectivity index (χ2n) is 25.0. The molecule has 0 spiro atoms. The normalized spacial score (nSPS) is 15.7. The second kappa shape index (κ2) is 41.3. The summed E-state index contributed by atoms with van der Waals surface area (Å²) < 4.78 is 15.5. The number of aliphatic carboxylic acids is 8. The lowest BCUT2D eigenvalue weighted by molar-refractivity contribution is -0.143. The van der Waals surface area contributed by atoms with Crippen molar-refractivity contribution in [1.29, 1.82) is 0 Å². The van der Waals surface area contributed by atoms with Crippen molar-refractivity contribution in [2.45, 2.75) is 157 Å². The molecular formula is C60H95FN12O23S. The summed E-state index contributed by atoms with van der Waals surface area (Å²) in [6.45, 7) is 8.90. The lowest BCUT2D eigenvalue weighted by Gasteiger charge is -2.52. The van der Waals surface area contributed by atoms with Crippen molar-refractivity contribution in [3.8, 4) is 0 Å². The third-order valence-electron chi connectivity index (χ3n) is 15.2. The molecule has 0 saturated carbocycles. The Kier molecular flexibility index (Phi) is 35.9. The molecule has 1 heterocycles. The van der Waals surface area contributed by atoms with Gasteiger partial charge in [-0.25, -0.2) is 24.0 Å². The smallest absolute Gasteiger partial charge is 0.326 e.